The zero-order valence-corrected chi connectivity index (χ0v) is 14.8. The van der Waals surface area contributed by atoms with Crippen molar-refractivity contribution in [2.45, 2.75) is 25.6 Å². The molecule has 1 unspecified atom stereocenters. The Labute approximate surface area is 155 Å². The lowest BCUT2D eigenvalue weighted by atomic mass is 10.1. The molecule has 3 atom stereocenters. The van der Waals surface area contributed by atoms with Crippen LogP contribution in [0.1, 0.15) is 34.7 Å². The summed E-state index contributed by atoms with van der Waals surface area (Å²) in [5.74, 6) is 0.299. The van der Waals surface area contributed by atoms with E-state index >= 15 is 0 Å². The van der Waals surface area contributed by atoms with E-state index in [0.717, 1.165) is 11.1 Å². The third-order valence-electron chi connectivity index (χ3n) is 4.63. The molecule has 0 aliphatic carbocycles. The van der Waals surface area contributed by atoms with Crippen LogP contribution in [0, 0.1) is 17.0 Å². The molecule has 6 nitrogen and oxygen atoms in total. The van der Waals surface area contributed by atoms with Gasteiger partial charge in [0.15, 0.2) is 5.69 Å². The van der Waals surface area contributed by atoms with Gasteiger partial charge in [0.05, 0.1) is 17.0 Å². The van der Waals surface area contributed by atoms with Crippen LogP contribution in [0.5, 0.6) is 0 Å². The minimum atomic E-state index is -0.421. The van der Waals surface area contributed by atoms with E-state index in [1.165, 1.54) is 0 Å². The summed E-state index contributed by atoms with van der Waals surface area (Å²) in [6, 6.07) is 17.3. The number of aryl methyl sites for hydroxylation is 1. The molecule has 0 spiro atoms. The number of rotatable bonds is 5. The predicted molar refractivity (Wildman–Crippen MR) is 96.8 cm³/mol. The van der Waals surface area contributed by atoms with E-state index in [0.29, 0.717) is 23.0 Å². The SMILES string of the molecule is Cc1noc([C@@H]2[C@H](c3cccc(Cl)c3)N2Cc2ccccc2)c1[N+](=O)[O-]. The van der Waals surface area contributed by atoms with Crippen molar-refractivity contribution >= 4 is 17.3 Å². The maximum atomic E-state index is 11.5. The van der Waals surface area contributed by atoms with Crippen molar-refractivity contribution in [3.63, 3.8) is 0 Å². The highest BCUT2D eigenvalue weighted by Crippen LogP contribution is 2.57. The van der Waals surface area contributed by atoms with E-state index in [1.54, 1.807) is 6.92 Å². The molecule has 0 radical (unpaired) electrons. The fourth-order valence-electron chi connectivity index (χ4n) is 3.42. The topological polar surface area (TPSA) is 72.2 Å². The summed E-state index contributed by atoms with van der Waals surface area (Å²) in [6.07, 6.45) is 0. The van der Waals surface area contributed by atoms with E-state index in [1.807, 2.05) is 54.6 Å². The van der Waals surface area contributed by atoms with E-state index in [2.05, 4.69) is 10.1 Å². The van der Waals surface area contributed by atoms with Gasteiger partial charge in [0.1, 0.15) is 0 Å². The van der Waals surface area contributed by atoms with Gasteiger partial charge in [-0.25, -0.2) is 0 Å². The number of hydrogen-bond donors (Lipinski definition) is 0. The second-order valence-electron chi connectivity index (χ2n) is 6.34. The Morgan fingerprint density at radius 1 is 1.19 bits per heavy atom. The Balaban J connectivity index is 1.72. The minimum absolute atomic E-state index is 0.0417. The van der Waals surface area contributed by atoms with Crippen LogP contribution in [-0.4, -0.2) is 15.0 Å². The van der Waals surface area contributed by atoms with Crippen LogP contribution in [0.3, 0.4) is 0 Å². The smallest absolute Gasteiger partial charge is 0.336 e. The number of hydrogen-bond acceptors (Lipinski definition) is 5. The first-order valence-corrected chi connectivity index (χ1v) is 8.59. The Morgan fingerprint density at radius 2 is 1.96 bits per heavy atom. The average molecular weight is 370 g/mol. The molecule has 1 aliphatic heterocycles. The second-order valence-corrected chi connectivity index (χ2v) is 6.78. The number of halogens is 1. The summed E-state index contributed by atoms with van der Waals surface area (Å²) < 4.78 is 5.36. The minimum Gasteiger partial charge on any atom is -0.352 e. The van der Waals surface area contributed by atoms with Crippen LogP contribution in [-0.2, 0) is 6.54 Å². The van der Waals surface area contributed by atoms with E-state index in [-0.39, 0.29) is 17.8 Å². The van der Waals surface area contributed by atoms with Crippen molar-refractivity contribution in [3.8, 4) is 0 Å². The van der Waals surface area contributed by atoms with Gasteiger partial charge in [-0.2, -0.15) is 0 Å². The van der Waals surface area contributed by atoms with Gasteiger partial charge in [-0.15, -0.1) is 0 Å². The highest BCUT2D eigenvalue weighted by molar-refractivity contribution is 6.30. The second kappa shape index (κ2) is 6.55. The summed E-state index contributed by atoms with van der Waals surface area (Å²) in [5.41, 5.74) is 2.38. The molecule has 0 N–H and O–H groups in total. The fourth-order valence-corrected chi connectivity index (χ4v) is 3.62. The summed E-state index contributed by atoms with van der Waals surface area (Å²) in [7, 11) is 0. The maximum Gasteiger partial charge on any atom is 0.336 e. The highest BCUT2D eigenvalue weighted by atomic mass is 35.5. The van der Waals surface area contributed by atoms with Gasteiger partial charge >= 0.3 is 5.69 Å². The maximum absolute atomic E-state index is 11.5. The van der Waals surface area contributed by atoms with Crippen molar-refractivity contribution < 1.29 is 9.45 Å². The third kappa shape index (κ3) is 2.98. The normalized spacial score (nSPS) is 21.5. The molecule has 0 saturated carbocycles. The summed E-state index contributed by atoms with van der Waals surface area (Å²) in [4.78, 5) is 13.2. The van der Waals surface area contributed by atoms with Crippen molar-refractivity contribution in [2.24, 2.45) is 0 Å². The van der Waals surface area contributed by atoms with Crippen molar-refractivity contribution in [1.29, 1.82) is 0 Å². The van der Waals surface area contributed by atoms with Gasteiger partial charge < -0.3 is 4.52 Å². The molecule has 1 aliphatic rings. The number of nitrogens with zero attached hydrogens (tertiary/aromatic N) is 3. The fraction of sp³-hybridized carbons (Fsp3) is 0.211. The first kappa shape index (κ1) is 16.8. The Kier molecular flexibility index (Phi) is 4.22. The summed E-state index contributed by atoms with van der Waals surface area (Å²) in [5, 5.41) is 15.9. The Hall–Kier alpha value is -2.70. The monoisotopic (exact) mass is 369 g/mol. The molecule has 2 heterocycles. The Bertz CT molecular complexity index is 958. The van der Waals surface area contributed by atoms with Gasteiger partial charge in [0.2, 0.25) is 5.76 Å². The first-order valence-electron chi connectivity index (χ1n) is 8.22. The molecule has 7 heteroatoms. The lowest BCUT2D eigenvalue weighted by molar-refractivity contribution is -0.386. The van der Waals surface area contributed by atoms with Crippen LogP contribution in [0.25, 0.3) is 0 Å². The average Bonchev–Trinajstić information content (AvgIpc) is 3.18. The van der Waals surface area contributed by atoms with Crippen LogP contribution in [0.2, 0.25) is 5.02 Å². The number of aromatic nitrogens is 1. The molecule has 3 aromatic rings. The standard InChI is InChI=1S/C19H16ClN3O3/c1-12-16(23(24)25)19(26-21-12)18-17(14-8-5-9-15(20)10-14)22(18)11-13-6-3-2-4-7-13/h2-10,17-18H,11H2,1H3/t17-,18-,22?/m0/s1. The largest absolute Gasteiger partial charge is 0.352 e. The Morgan fingerprint density at radius 3 is 2.65 bits per heavy atom. The molecule has 4 rings (SSSR count). The third-order valence-corrected chi connectivity index (χ3v) is 4.87. The van der Waals surface area contributed by atoms with E-state index in [9.17, 15) is 10.1 Å². The van der Waals surface area contributed by atoms with Gasteiger partial charge in [0.25, 0.3) is 0 Å². The molecule has 1 aromatic heterocycles. The number of nitro groups is 1. The molecule has 26 heavy (non-hydrogen) atoms. The van der Waals surface area contributed by atoms with Crippen molar-refractivity contribution in [2.75, 3.05) is 0 Å². The summed E-state index contributed by atoms with van der Waals surface area (Å²) >= 11 is 6.14. The molecule has 1 fully saturated rings. The molecule has 2 aromatic carbocycles. The molecule has 0 amide bonds. The van der Waals surface area contributed by atoms with E-state index in [4.69, 9.17) is 16.1 Å². The molecule has 1 saturated heterocycles. The summed E-state index contributed by atoms with van der Waals surface area (Å²) in [6.45, 7) is 2.24. The quantitative estimate of drug-likeness (QED) is 0.365. The first-order chi connectivity index (χ1) is 12.6. The van der Waals surface area contributed by atoms with E-state index < -0.39 is 4.92 Å². The highest BCUT2D eigenvalue weighted by Gasteiger charge is 2.55. The molecular formula is C19H16ClN3O3. The zero-order valence-electron chi connectivity index (χ0n) is 14.0. The lowest BCUT2D eigenvalue weighted by Crippen LogP contribution is -2.00. The van der Waals surface area contributed by atoms with Crippen molar-refractivity contribution in [3.05, 3.63) is 92.3 Å². The zero-order chi connectivity index (χ0) is 18.3. The number of benzene rings is 2. The van der Waals surface area contributed by atoms with Gasteiger partial charge in [-0.1, -0.05) is 59.2 Å². The van der Waals surface area contributed by atoms with Gasteiger partial charge in [0, 0.05) is 11.6 Å². The van der Waals surface area contributed by atoms with Crippen LogP contribution >= 0.6 is 11.6 Å². The van der Waals surface area contributed by atoms with Gasteiger partial charge in [-0.3, -0.25) is 15.0 Å². The van der Waals surface area contributed by atoms with Crippen molar-refractivity contribution in [1.82, 2.24) is 10.1 Å². The molecular weight excluding hydrogens is 354 g/mol. The molecule has 0 bridgehead atoms. The van der Waals surface area contributed by atoms with Gasteiger partial charge in [-0.05, 0) is 30.2 Å². The lowest BCUT2D eigenvalue weighted by Gasteiger charge is -2.04. The van der Waals surface area contributed by atoms with Crippen LogP contribution in [0.15, 0.2) is 59.1 Å². The van der Waals surface area contributed by atoms with Crippen LogP contribution in [0.4, 0.5) is 5.69 Å². The predicted octanol–water partition coefficient (Wildman–Crippen LogP) is 4.84. The molecule has 132 valence electrons. The van der Waals surface area contributed by atoms with Crippen LogP contribution < -0.4 is 0 Å².